The van der Waals surface area contributed by atoms with E-state index in [1.807, 2.05) is 0 Å². The molecule has 0 amide bonds. The molecule has 0 aromatic carbocycles. The molecule has 2 nitrogen and oxygen atoms in total. The van der Waals surface area contributed by atoms with Crippen LogP contribution >= 0.6 is 24.4 Å². The van der Waals surface area contributed by atoms with Gasteiger partial charge in [-0.2, -0.15) is 0 Å². The molecule has 0 aromatic rings. The van der Waals surface area contributed by atoms with E-state index < -0.39 is 0 Å². The van der Waals surface area contributed by atoms with Gasteiger partial charge in [0, 0.05) is 26.2 Å². The van der Waals surface area contributed by atoms with Crippen molar-refractivity contribution in [1.82, 2.24) is 9.80 Å². The predicted molar refractivity (Wildman–Crippen MR) is 252 cm³/mol. The maximum absolute atomic E-state index is 5.28. The van der Waals surface area contributed by atoms with E-state index in [0.717, 1.165) is 26.2 Å². The molecule has 0 unspecified atom stereocenters. The van der Waals surface area contributed by atoms with E-state index in [1.54, 1.807) is 0 Å². The summed E-state index contributed by atoms with van der Waals surface area (Å²) in [6, 6.07) is 0. The molecule has 0 rings (SSSR count). The van der Waals surface area contributed by atoms with Crippen LogP contribution in [0.15, 0.2) is 0 Å². The van der Waals surface area contributed by atoms with E-state index in [0.29, 0.717) is 8.64 Å². The van der Waals surface area contributed by atoms with Gasteiger partial charge < -0.3 is 59.5 Å². The van der Waals surface area contributed by atoms with Gasteiger partial charge >= 0.3 is 17.1 Å². The van der Waals surface area contributed by atoms with Gasteiger partial charge in [-0.3, -0.25) is 0 Å². The van der Waals surface area contributed by atoms with Gasteiger partial charge in [-0.25, -0.2) is 0 Å². The molecule has 0 saturated heterocycles. The van der Waals surface area contributed by atoms with E-state index in [1.165, 1.54) is 231 Å². The van der Waals surface area contributed by atoms with E-state index in [4.69, 9.17) is 49.7 Å². The number of rotatable bonds is 40. The summed E-state index contributed by atoms with van der Waals surface area (Å²) in [6.45, 7) is 13.4. The molecular weight excluding hydrogens is 772 g/mol. The Morgan fingerprint density at radius 2 is 0.415 bits per heavy atom. The van der Waals surface area contributed by atoms with Crippen LogP contribution in [0.2, 0.25) is 0 Å². The summed E-state index contributed by atoms with van der Waals surface area (Å²) < 4.78 is 1.37. The van der Waals surface area contributed by atoms with Crippen molar-refractivity contribution in [3.8, 4) is 0 Å². The first kappa shape index (κ1) is 58.1. The van der Waals surface area contributed by atoms with Gasteiger partial charge in [0.2, 0.25) is 0 Å². The topological polar surface area (TPSA) is 6.48 Å². The van der Waals surface area contributed by atoms with Gasteiger partial charge in [0.1, 0.15) is 0 Å². The van der Waals surface area contributed by atoms with Gasteiger partial charge in [-0.15, -0.1) is 0 Å². The quantitative estimate of drug-likeness (QED) is 0.0260. The molecule has 0 saturated carbocycles. The normalized spacial score (nSPS) is 10.8. The van der Waals surface area contributed by atoms with Gasteiger partial charge in [-0.1, -0.05) is 242 Å². The third-order valence-electron chi connectivity index (χ3n) is 10.6. The molecule has 7 heteroatoms. The Balaban J connectivity index is -0.000000926. The Hall–Kier alpha value is 0.739. The Morgan fingerprint density at radius 1 is 0.283 bits per heavy atom. The third kappa shape index (κ3) is 48.8. The molecule has 0 aliphatic carbocycles. The van der Waals surface area contributed by atoms with Crippen molar-refractivity contribution in [2.75, 3.05) is 26.2 Å². The number of nitrogens with zero attached hydrogens (tertiary/aromatic N) is 2. The SMILES string of the molecule is CCCCCCCCCCCN(CCCCCCCCCCC)C(=S)[S-].CCCCCCCCCCCN(CCCCCCCCCCC)C(=S)[S-].[Cu+2]. The Labute approximate surface area is 367 Å². The van der Waals surface area contributed by atoms with Crippen molar-refractivity contribution < 1.29 is 17.1 Å². The van der Waals surface area contributed by atoms with Crippen molar-refractivity contribution in [2.24, 2.45) is 0 Å². The van der Waals surface area contributed by atoms with E-state index in [9.17, 15) is 0 Å². The van der Waals surface area contributed by atoms with Crippen LogP contribution in [0.3, 0.4) is 0 Å². The largest absolute Gasteiger partial charge is 2.00 e. The number of unbranched alkanes of at least 4 members (excludes halogenated alkanes) is 32. The van der Waals surface area contributed by atoms with Crippen LogP contribution in [0.25, 0.3) is 0 Å². The second kappa shape index (κ2) is 50.8. The summed E-state index contributed by atoms with van der Waals surface area (Å²) in [5, 5.41) is 0. The third-order valence-corrected chi connectivity index (χ3v) is 11.7. The molecule has 0 spiro atoms. The minimum Gasteiger partial charge on any atom is -0.411 e. The zero-order valence-electron chi connectivity index (χ0n) is 36.1. The first-order chi connectivity index (χ1) is 25.4. The number of hydrogen-bond acceptors (Lipinski definition) is 4. The van der Waals surface area contributed by atoms with Crippen molar-refractivity contribution in [1.29, 1.82) is 0 Å². The maximum Gasteiger partial charge on any atom is 2.00 e. The van der Waals surface area contributed by atoms with Crippen molar-refractivity contribution in [3.05, 3.63) is 0 Å². The van der Waals surface area contributed by atoms with Crippen molar-refractivity contribution in [2.45, 2.75) is 259 Å². The fraction of sp³-hybridized carbons (Fsp3) is 0.957. The predicted octanol–water partition coefficient (Wildman–Crippen LogP) is 16.4. The van der Waals surface area contributed by atoms with Crippen LogP contribution in [-0.2, 0) is 42.3 Å². The van der Waals surface area contributed by atoms with Gasteiger partial charge in [0.05, 0.1) is 0 Å². The molecule has 0 fully saturated rings. The van der Waals surface area contributed by atoms with Crippen LogP contribution in [0, 0.1) is 0 Å². The Kier molecular flexibility index (Phi) is 55.6. The first-order valence-electron chi connectivity index (χ1n) is 23.4. The average Bonchev–Trinajstić information content (AvgIpc) is 3.13. The smallest absolute Gasteiger partial charge is 0.411 e. The molecule has 0 atom stereocenters. The summed E-state index contributed by atoms with van der Waals surface area (Å²) in [5.74, 6) is 0. The molecule has 0 heterocycles. The molecule has 1 radical (unpaired) electrons. The van der Waals surface area contributed by atoms with Crippen LogP contribution in [-0.4, -0.2) is 44.6 Å². The van der Waals surface area contributed by atoms with Crippen LogP contribution in [0.1, 0.15) is 259 Å². The second-order valence-corrected chi connectivity index (χ2v) is 17.9. The zero-order chi connectivity index (χ0) is 38.6. The summed E-state index contributed by atoms with van der Waals surface area (Å²) in [5.41, 5.74) is 0. The summed E-state index contributed by atoms with van der Waals surface area (Å²) in [7, 11) is 0. The monoisotopic (exact) mass is 864 g/mol. The van der Waals surface area contributed by atoms with Crippen molar-refractivity contribution >= 4 is 58.3 Å². The van der Waals surface area contributed by atoms with Crippen LogP contribution in [0.4, 0.5) is 0 Å². The fourth-order valence-corrected chi connectivity index (χ4v) is 7.77. The molecule has 0 N–H and O–H groups in total. The Bertz CT molecular complexity index is 609. The van der Waals surface area contributed by atoms with E-state index >= 15 is 0 Å². The van der Waals surface area contributed by atoms with Crippen molar-refractivity contribution in [3.63, 3.8) is 0 Å². The molecule has 53 heavy (non-hydrogen) atoms. The summed E-state index contributed by atoms with van der Waals surface area (Å²) >= 11 is 21.1. The molecule has 0 aromatic heterocycles. The number of hydrogen-bond donors (Lipinski definition) is 0. The minimum absolute atomic E-state index is 0. The second-order valence-electron chi connectivity index (χ2n) is 15.8. The molecule has 0 aliphatic rings. The van der Waals surface area contributed by atoms with E-state index in [-0.39, 0.29) is 17.1 Å². The average molecular weight is 865 g/mol. The first-order valence-corrected chi connectivity index (χ1v) is 25.0. The minimum atomic E-state index is 0. The van der Waals surface area contributed by atoms with Crippen LogP contribution < -0.4 is 0 Å². The molecule has 0 aliphatic heterocycles. The molecule has 321 valence electrons. The fourth-order valence-electron chi connectivity index (χ4n) is 7.04. The molecule has 0 bridgehead atoms. The summed E-state index contributed by atoms with van der Waals surface area (Å²) in [6.07, 6.45) is 49.5. The summed E-state index contributed by atoms with van der Waals surface area (Å²) in [4.78, 5) is 4.54. The van der Waals surface area contributed by atoms with Gasteiger partial charge in [-0.05, 0) is 25.7 Å². The number of thiocarbonyl (C=S) groups is 2. The van der Waals surface area contributed by atoms with Gasteiger partial charge in [0.15, 0.2) is 0 Å². The maximum atomic E-state index is 5.28. The standard InChI is InChI=1S/2C23H47NS2.Cu/c2*1-3-5-7-9-11-13-15-17-19-21-24(23(25)26)22-20-18-16-14-12-10-8-6-4-2;/h2*3-22H2,1-2H3,(H,25,26);/q;;+2/p-2. The Morgan fingerprint density at radius 3 is 0.547 bits per heavy atom. The zero-order valence-corrected chi connectivity index (χ0v) is 40.3. The van der Waals surface area contributed by atoms with Crippen LogP contribution in [0.5, 0.6) is 0 Å². The van der Waals surface area contributed by atoms with Gasteiger partial charge in [0.25, 0.3) is 0 Å². The van der Waals surface area contributed by atoms with E-state index in [2.05, 4.69) is 37.5 Å². The molecular formula is C46H92CuN2S4.